The van der Waals surface area contributed by atoms with Crippen molar-refractivity contribution in [1.29, 1.82) is 0 Å². The summed E-state index contributed by atoms with van der Waals surface area (Å²) in [5.41, 5.74) is 0.174. The number of ether oxygens (including phenoxy) is 2. The SMILES string of the molecule is C=C/C=C(/CC(Nc1ncc(C)nc1Br)C(=O)OC(C)(C)C)OC. The summed E-state index contributed by atoms with van der Waals surface area (Å²) >= 11 is 3.35. The Balaban J connectivity index is 3.05. The van der Waals surface area contributed by atoms with Gasteiger partial charge in [-0.15, -0.1) is 0 Å². The first-order valence-electron chi connectivity index (χ1n) is 7.50. The Labute approximate surface area is 151 Å². The number of allylic oxidation sites excluding steroid dienone is 2. The fourth-order valence-corrected chi connectivity index (χ4v) is 2.32. The predicted molar refractivity (Wildman–Crippen MR) is 97.6 cm³/mol. The maximum absolute atomic E-state index is 12.5. The molecule has 0 saturated heterocycles. The number of esters is 1. The van der Waals surface area contributed by atoms with Gasteiger partial charge in [0.05, 0.1) is 24.8 Å². The van der Waals surface area contributed by atoms with Gasteiger partial charge in [-0.3, -0.25) is 0 Å². The lowest BCUT2D eigenvalue weighted by Gasteiger charge is -2.25. The highest BCUT2D eigenvalue weighted by molar-refractivity contribution is 9.10. The molecule has 1 heterocycles. The Bertz CT molecular complexity index is 624. The molecule has 1 N–H and O–H groups in total. The minimum Gasteiger partial charge on any atom is -0.501 e. The summed E-state index contributed by atoms with van der Waals surface area (Å²) in [5, 5.41) is 3.07. The number of carbonyl (C=O) groups excluding carboxylic acids is 1. The summed E-state index contributed by atoms with van der Waals surface area (Å²) in [5.74, 6) is 0.666. The van der Waals surface area contributed by atoms with Crippen molar-refractivity contribution in [1.82, 2.24) is 9.97 Å². The number of halogens is 1. The Kier molecular flexibility index (Phi) is 7.41. The van der Waals surface area contributed by atoms with Crippen LogP contribution in [-0.4, -0.2) is 34.7 Å². The van der Waals surface area contributed by atoms with E-state index >= 15 is 0 Å². The van der Waals surface area contributed by atoms with Crippen LogP contribution in [0.5, 0.6) is 0 Å². The van der Waals surface area contributed by atoms with Crippen LogP contribution in [0.1, 0.15) is 32.9 Å². The second kappa shape index (κ2) is 8.82. The molecule has 132 valence electrons. The molecule has 0 aliphatic heterocycles. The number of rotatable bonds is 7. The number of nitrogens with one attached hydrogen (secondary N) is 1. The van der Waals surface area contributed by atoms with Gasteiger partial charge in [0.25, 0.3) is 0 Å². The summed E-state index contributed by atoms with van der Waals surface area (Å²) in [4.78, 5) is 21.1. The molecule has 0 amide bonds. The molecule has 6 nitrogen and oxygen atoms in total. The van der Waals surface area contributed by atoms with Gasteiger partial charge in [-0.1, -0.05) is 12.7 Å². The molecule has 0 radical (unpaired) electrons. The molecule has 0 saturated carbocycles. The number of methoxy groups -OCH3 is 1. The Morgan fingerprint density at radius 1 is 1.50 bits per heavy atom. The zero-order valence-electron chi connectivity index (χ0n) is 14.7. The van der Waals surface area contributed by atoms with Gasteiger partial charge in [-0.05, 0) is 49.7 Å². The van der Waals surface area contributed by atoms with Crippen LogP contribution < -0.4 is 5.32 Å². The highest BCUT2D eigenvalue weighted by Crippen LogP contribution is 2.21. The number of aromatic nitrogens is 2. The third kappa shape index (κ3) is 6.70. The lowest BCUT2D eigenvalue weighted by molar-refractivity contribution is -0.155. The molecule has 0 fully saturated rings. The number of aryl methyl sites for hydroxylation is 1. The number of anilines is 1. The molecular formula is C17H24BrN3O3. The van der Waals surface area contributed by atoms with Crippen LogP contribution in [0.25, 0.3) is 0 Å². The average Bonchev–Trinajstić information content (AvgIpc) is 2.46. The van der Waals surface area contributed by atoms with Crippen molar-refractivity contribution in [2.24, 2.45) is 0 Å². The van der Waals surface area contributed by atoms with E-state index in [1.807, 2.05) is 27.7 Å². The summed E-state index contributed by atoms with van der Waals surface area (Å²) < 4.78 is 11.3. The molecule has 1 aromatic heterocycles. The first-order valence-corrected chi connectivity index (χ1v) is 8.29. The molecule has 0 aliphatic carbocycles. The molecule has 1 atom stereocenters. The zero-order valence-corrected chi connectivity index (χ0v) is 16.3. The molecule has 0 aliphatic rings. The minimum atomic E-state index is -0.677. The van der Waals surface area contributed by atoms with Crippen molar-refractivity contribution < 1.29 is 14.3 Å². The maximum atomic E-state index is 12.5. The third-order valence-corrected chi connectivity index (χ3v) is 3.38. The van der Waals surface area contributed by atoms with Crippen molar-refractivity contribution >= 4 is 27.7 Å². The van der Waals surface area contributed by atoms with Gasteiger partial charge in [-0.2, -0.15) is 0 Å². The average molecular weight is 398 g/mol. The molecule has 0 aromatic carbocycles. The number of nitrogens with zero attached hydrogens (tertiary/aromatic N) is 2. The first-order chi connectivity index (χ1) is 11.2. The molecule has 1 unspecified atom stereocenters. The standard InChI is InChI=1S/C17H24BrN3O3/c1-7-8-12(23-6)9-13(16(22)24-17(3,4)5)21-15-14(18)20-11(2)10-19-15/h7-8,10,13H,1,9H2,2-6H3,(H,19,21)/b12-8-. The van der Waals surface area contributed by atoms with Gasteiger partial charge >= 0.3 is 5.97 Å². The van der Waals surface area contributed by atoms with Gasteiger partial charge in [0.2, 0.25) is 0 Å². The van der Waals surface area contributed by atoms with Crippen molar-refractivity contribution in [3.05, 3.63) is 41.0 Å². The summed E-state index contributed by atoms with van der Waals surface area (Å²) in [7, 11) is 1.54. The van der Waals surface area contributed by atoms with Crippen LogP contribution in [-0.2, 0) is 14.3 Å². The molecule has 0 bridgehead atoms. The maximum Gasteiger partial charge on any atom is 0.329 e. The second-order valence-corrected chi connectivity index (χ2v) is 6.91. The topological polar surface area (TPSA) is 73.3 Å². The Morgan fingerprint density at radius 3 is 2.67 bits per heavy atom. The van der Waals surface area contributed by atoms with Gasteiger partial charge < -0.3 is 14.8 Å². The van der Waals surface area contributed by atoms with E-state index in [0.29, 0.717) is 22.6 Å². The zero-order chi connectivity index (χ0) is 18.3. The predicted octanol–water partition coefficient (Wildman–Crippen LogP) is 3.78. The first kappa shape index (κ1) is 20.2. The van der Waals surface area contributed by atoms with Crippen LogP contribution in [0.15, 0.2) is 35.3 Å². The van der Waals surface area contributed by atoms with Crippen molar-refractivity contribution in [3.63, 3.8) is 0 Å². The van der Waals surface area contributed by atoms with Crippen LogP contribution >= 0.6 is 15.9 Å². The third-order valence-electron chi connectivity index (χ3n) is 2.82. The fourth-order valence-electron chi connectivity index (χ4n) is 1.83. The van der Waals surface area contributed by atoms with E-state index in [2.05, 4.69) is 37.8 Å². The Hall–Kier alpha value is -1.89. The molecule has 24 heavy (non-hydrogen) atoms. The van der Waals surface area contributed by atoms with Gasteiger partial charge in [-0.25, -0.2) is 14.8 Å². The van der Waals surface area contributed by atoms with E-state index in [1.165, 1.54) is 0 Å². The minimum absolute atomic E-state index is 0.291. The van der Waals surface area contributed by atoms with E-state index in [0.717, 1.165) is 5.69 Å². The number of hydrogen-bond acceptors (Lipinski definition) is 6. The largest absolute Gasteiger partial charge is 0.501 e. The van der Waals surface area contributed by atoms with E-state index in [-0.39, 0.29) is 0 Å². The van der Waals surface area contributed by atoms with Crippen molar-refractivity contribution in [2.45, 2.75) is 45.8 Å². The van der Waals surface area contributed by atoms with Gasteiger partial charge in [0.1, 0.15) is 16.2 Å². The normalized spacial score (nSPS) is 13.2. The highest BCUT2D eigenvalue weighted by Gasteiger charge is 2.27. The van der Waals surface area contributed by atoms with Crippen LogP contribution in [0.3, 0.4) is 0 Å². The Morgan fingerprint density at radius 2 is 2.17 bits per heavy atom. The van der Waals surface area contributed by atoms with Crippen LogP contribution in [0.4, 0.5) is 5.82 Å². The lowest BCUT2D eigenvalue weighted by atomic mass is 10.1. The quantitative estimate of drug-likeness (QED) is 0.428. The number of hydrogen-bond donors (Lipinski definition) is 1. The summed E-state index contributed by atoms with van der Waals surface area (Å²) in [6.45, 7) is 10.9. The van der Waals surface area contributed by atoms with E-state index in [1.54, 1.807) is 25.5 Å². The van der Waals surface area contributed by atoms with E-state index < -0.39 is 17.6 Å². The van der Waals surface area contributed by atoms with Crippen LogP contribution in [0.2, 0.25) is 0 Å². The molecule has 7 heteroatoms. The second-order valence-electron chi connectivity index (χ2n) is 6.16. The van der Waals surface area contributed by atoms with Crippen molar-refractivity contribution in [3.8, 4) is 0 Å². The van der Waals surface area contributed by atoms with E-state index in [4.69, 9.17) is 9.47 Å². The van der Waals surface area contributed by atoms with Gasteiger partial charge in [0.15, 0.2) is 5.82 Å². The summed E-state index contributed by atoms with van der Waals surface area (Å²) in [6, 6.07) is -0.677. The van der Waals surface area contributed by atoms with E-state index in [9.17, 15) is 4.79 Å². The monoisotopic (exact) mass is 397 g/mol. The van der Waals surface area contributed by atoms with Crippen molar-refractivity contribution in [2.75, 3.05) is 12.4 Å². The number of carbonyl (C=O) groups is 1. The molecular weight excluding hydrogens is 374 g/mol. The van der Waals surface area contributed by atoms with Gasteiger partial charge in [0, 0.05) is 6.42 Å². The summed E-state index contributed by atoms with van der Waals surface area (Å²) in [6.07, 6.45) is 5.22. The molecule has 1 rings (SSSR count). The smallest absolute Gasteiger partial charge is 0.329 e. The highest BCUT2D eigenvalue weighted by atomic mass is 79.9. The lowest BCUT2D eigenvalue weighted by Crippen LogP contribution is -2.37. The molecule has 0 spiro atoms. The fraction of sp³-hybridized carbons (Fsp3) is 0.471. The van der Waals surface area contributed by atoms with Crippen LogP contribution in [0, 0.1) is 6.92 Å². The molecule has 1 aromatic rings.